The number of carbonyl (C=O) groups excluding carboxylic acids is 1. The van der Waals surface area contributed by atoms with E-state index in [0.717, 1.165) is 5.56 Å². The molecular weight excluding hydrogens is 294 g/mol. The molecule has 21 heavy (non-hydrogen) atoms. The van der Waals surface area contributed by atoms with Gasteiger partial charge in [-0.15, -0.1) is 5.10 Å². The summed E-state index contributed by atoms with van der Waals surface area (Å²) in [5.74, 6) is 0.117. The highest BCUT2D eigenvalue weighted by molar-refractivity contribution is 6.29. The Labute approximate surface area is 126 Å². The van der Waals surface area contributed by atoms with Crippen LogP contribution in [0.4, 0.5) is 0 Å². The van der Waals surface area contributed by atoms with Crippen LogP contribution in [-0.4, -0.2) is 49.5 Å². The Balaban J connectivity index is 1.99. The molecule has 0 aromatic carbocycles. The van der Waals surface area contributed by atoms with Gasteiger partial charge in [0.2, 0.25) is 0 Å². The van der Waals surface area contributed by atoms with E-state index in [2.05, 4.69) is 15.3 Å². The summed E-state index contributed by atoms with van der Waals surface area (Å²) in [4.78, 5) is 17.7. The number of hydrogen-bond donors (Lipinski definition) is 1. The van der Waals surface area contributed by atoms with E-state index in [0.29, 0.717) is 23.9 Å². The molecule has 1 aliphatic rings. The summed E-state index contributed by atoms with van der Waals surface area (Å²) in [6.07, 6.45) is 1.80. The molecule has 1 amide bonds. The van der Waals surface area contributed by atoms with Crippen LogP contribution in [0.3, 0.4) is 0 Å². The van der Waals surface area contributed by atoms with Crippen molar-refractivity contribution in [2.45, 2.75) is 18.9 Å². The average molecular weight is 308 g/mol. The summed E-state index contributed by atoms with van der Waals surface area (Å²) < 4.78 is 1.40. The minimum atomic E-state index is -1.61. The molecule has 110 valence electrons. The second kappa shape index (κ2) is 4.78. The van der Waals surface area contributed by atoms with E-state index in [1.807, 2.05) is 6.92 Å². The topological polar surface area (TPSA) is 84.1 Å². The lowest BCUT2D eigenvalue weighted by atomic mass is 9.99. The van der Waals surface area contributed by atoms with Gasteiger partial charge in [-0.05, 0) is 24.6 Å². The zero-order valence-corrected chi connectivity index (χ0v) is 12.4. The van der Waals surface area contributed by atoms with Gasteiger partial charge in [0, 0.05) is 20.0 Å². The Bertz CT molecular complexity index is 696. The van der Waals surface area contributed by atoms with E-state index < -0.39 is 5.60 Å². The number of rotatable bonds is 2. The van der Waals surface area contributed by atoms with E-state index in [4.69, 9.17) is 11.6 Å². The maximum atomic E-state index is 12.0. The van der Waals surface area contributed by atoms with Crippen molar-refractivity contribution in [2.24, 2.45) is 0 Å². The zero-order valence-electron chi connectivity index (χ0n) is 11.6. The van der Waals surface area contributed by atoms with E-state index >= 15 is 0 Å². The fraction of sp³-hybridized carbons (Fsp3) is 0.385. The van der Waals surface area contributed by atoms with Gasteiger partial charge in [-0.2, -0.15) is 0 Å². The minimum absolute atomic E-state index is 0.219. The third-order valence-corrected chi connectivity index (χ3v) is 3.78. The molecule has 1 fully saturated rings. The lowest BCUT2D eigenvalue weighted by Crippen LogP contribution is -2.36. The molecule has 0 aliphatic carbocycles. The van der Waals surface area contributed by atoms with Crippen LogP contribution in [0.15, 0.2) is 18.3 Å². The molecule has 1 atom stereocenters. The first kappa shape index (κ1) is 14.0. The quantitative estimate of drug-likeness (QED) is 0.825. The largest absolute Gasteiger partial charge is 0.374 e. The molecule has 0 saturated carbocycles. The molecule has 1 N–H and O–H groups in total. The number of aryl methyl sites for hydroxylation is 1. The van der Waals surface area contributed by atoms with Gasteiger partial charge < -0.3 is 10.0 Å². The summed E-state index contributed by atoms with van der Waals surface area (Å²) in [5, 5.41) is 18.7. The number of aliphatic hydroxyl groups is 1. The van der Waals surface area contributed by atoms with Crippen molar-refractivity contribution in [1.29, 1.82) is 0 Å². The minimum Gasteiger partial charge on any atom is -0.374 e. The van der Waals surface area contributed by atoms with Crippen molar-refractivity contribution in [3.05, 3.63) is 34.7 Å². The highest BCUT2D eigenvalue weighted by Gasteiger charge is 2.47. The van der Waals surface area contributed by atoms with Gasteiger partial charge in [0.05, 0.1) is 6.20 Å². The summed E-state index contributed by atoms with van der Waals surface area (Å²) in [5.41, 5.74) is -0.464. The Hall–Kier alpha value is -1.99. The van der Waals surface area contributed by atoms with Gasteiger partial charge >= 0.3 is 0 Å². The summed E-state index contributed by atoms with van der Waals surface area (Å²) in [7, 11) is 1.65. The fourth-order valence-electron chi connectivity index (χ4n) is 2.38. The Morgan fingerprint density at radius 3 is 2.81 bits per heavy atom. The monoisotopic (exact) mass is 307 g/mol. The van der Waals surface area contributed by atoms with E-state index in [-0.39, 0.29) is 11.6 Å². The van der Waals surface area contributed by atoms with Gasteiger partial charge in [-0.25, -0.2) is 9.67 Å². The highest BCUT2D eigenvalue weighted by Crippen LogP contribution is 2.31. The van der Waals surface area contributed by atoms with E-state index in [1.165, 1.54) is 15.8 Å². The predicted molar refractivity (Wildman–Crippen MR) is 75.1 cm³/mol. The van der Waals surface area contributed by atoms with Crippen molar-refractivity contribution in [2.75, 3.05) is 13.6 Å². The van der Waals surface area contributed by atoms with Crippen LogP contribution in [0.25, 0.3) is 5.82 Å². The molecule has 7 nitrogen and oxygen atoms in total. The third-order valence-electron chi connectivity index (χ3n) is 3.59. The zero-order chi connectivity index (χ0) is 15.2. The Morgan fingerprint density at radius 2 is 2.19 bits per heavy atom. The smallest absolute Gasteiger partial charge is 0.260 e. The van der Waals surface area contributed by atoms with Crippen LogP contribution < -0.4 is 0 Å². The van der Waals surface area contributed by atoms with Crippen molar-refractivity contribution in [3.63, 3.8) is 0 Å². The van der Waals surface area contributed by atoms with E-state index in [9.17, 15) is 9.90 Å². The fourth-order valence-corrected chi connectivity index (χ4v) is 2.64. The van der Waals surface area contributed by atoms with Crippen molar-refractivity contribution < 1.29 is 9.90 Å². The molecule has 8 heteroatoms. The number of pyridine rings is 1. The summed E-state index contributed by atoms with van der Waals surface area (Å²) >= 11 is 5.92. The first-order chi connectivity index (χ1) is 9.90. The number of carbonyl (C=O) groups is 1. The molecular formula is C13H14ClN5O2. The molecule has 0 radical (unpaired) electrons. The normalized spacial score (nSPS) is 22.1. The van der Waals surface area contributed by atoms with Crippen LogP contribution in [0.2, 0.25) is 5.15 Å². The van der Waals surface area contributed by atoms with Gasteiger partial charge in [-0.1, -0.05) is 16.8 Å². The lowest BCUT2D eigenvalue weighted by Gasteiger charge is -2.17. The molecule has 2 aromatic heterocycles. The lowest BCUT2D eigenvalue weighted by molar-refractivity contribution is -0.143. The third kappa shape index (κ3) is 2.28. The average Bonchev–Trinajstić information content (AvgIpc) is 3.00. The van der Waals surface area contributed by atoms with Crippen LogP contribution in [0, 0.1) is 6.92 Å². The van der Waals surface area contributed by atoms with Crippen LogP contribution in [0.5, 0.6) is 0 Å². The standard InChI is InChI=1S/C13H14ClN5O2/c1-8-5-10(14)15-11(6-8)19-7-9(16-17-19)13(21)3-4-18(2)12(13)20/h5-7,21H,3-4H2,1-2H3. The number of likely N-dealkylation sites (N-methyl/N-ethyl adjacent to an activating group) is 1. The van der Waals surface area contributed by atoms with Crippen molar-refractivity contribution in [3.8, 4) is 5.82 Å². The molecule has 1 aliphatic heterocycles. The van der Waals surface area contributed by atoms with Gasteiger partial charge in [0.25, 0.3) is 5.91 Å². The molecule has 1 unspecified atom stereocenters. The Kier molecular flexibility index (Phi) is 3.18. The number of aromatic nitrogens is 4. The molecule has 0 spiro atoms. The SMILES string of the molecule is Cc1cc(Cl)nc(-n2cc(C3(O)CCN(C)C3=O)nn2)c1. The number of nitrogens with zero attached hydrogens (tertiary/aromatic N) is 5. The molecule has 1 saturated heterocycles. The highest BCUT2D eigenvalue weighted by atomic mass is 35.5. The van der Waals surface area contributed by atoms with Crippen molar-refractivity contribution in [1.82, 2.24) is 24.9 Å². The maximum absolute atomic E-state index is 12.0. The first-order valence-electron chi connectivity index (χ1n) is 6.45. The van der Waals surface area contributed by atoms with Crippen LogP contribution in [-0.2, 0) is 10.4 Å². The second-order valence-corrected chi connectivity index (χ2v) is 5.60. The van der Waals surface area contributed by atoms with Crippen LogP contribution >= 0.6 is 11.6 Å². The summed E-state index contributed by atoms with van der Waals surface area (Å²) in [6, 6.07) is 3.52. The van der Waals surface area contributed by atoms with Gasteiger partial charge in [-0.3, -0.25) is 4.79 Å². The molecule has 3 rings (SSSR count). The maximum Gasteiger partial charge on any atom is 0.260 e. The first-order valence-corrected chi connectivity index (χ1v) is 6.83. The van der Waals surface area contributed by atoms with Crippen LogP contribution in [0.1, 0.15) is 17.7 Å². The molecule has 3 heterocycles. The number of amides is 1. The number of likely N-dealkylation sites (tertiary alicyclic amines) is 1. The van der Waals surface area contributed by atoms with E-state index in [1.54, 1.807) is 19.2 Å². The summed E-state index contributed by atoms with van der Waals surface area (Å²) in [6.45, 7) is 2.37. The van der Waals surface area contributed by atoms with Gasteiger partial charge in [0.15, 0.2) is 11.4 Å². The number of hydrogen-bond acceptors (Lipinski definition) is 5. The van der Waals surface area contributed by atoms with Gasteiger partial charge in [0.1, 0.15) is 10.8 Å². The van der Waals surface area contributed by atoms with Crippen molar-refractivity contribution >= 4 is 17.5 Å². The predicted octanol–water partition coefficient (Wildman–Crippen LogP) is 0.674. The second-order valence-electron chi connectivity index (χ2n) is 5.21. The number of halogens is 1. The Morgan fingerprint density at radius 1 is 1.43 bits per heavy atom. The molecule has 0 bridgehead atoms. The molecule has 2 aromatic rings.